The second-order valence-corrected chi connectivity index (χ2v) is 8.83. The number of fused-ring (bicyclic) bond motifs is 1. The van der Waals surface area contributed by atoms with Crippen LogP contribution in [-0.2, 0) is 4.74 Å². The van der Waals surface area contributed by atoms with Crippen molar-refractivity contribution in [2.45, 2.75) is 70.7 Å². The maximum Gasteiger partial charge on any atom is 0.391 e. The fraction of sp³-hybridized carbons (Fsp3) is 0.714. The molecule has 29 heavy (non-hydrogen) atoms. The van der Waals surface area contributed by atoms with Gasteiger partial charge >= 0.3 is 6.18 Å². The summed E-state index contributed by atoms with van der Waals surface area (Å²) in [4.78, 5) is 4.59. The van der Waals surface area contributed by atoms with E-state index in [1.165, 1.54) is 0 Å². The van der Waals surface area contributed by atoms with Gasteiger partial charge in [-0.3, -0.25) is 0 Å². The van der Waals surface area contributed by atoms with Gasteiger partial charge in [0.15, 0.2) is 5.65 Å². The van der Waals surface area contributed by atoms with Gasteiger partial charge in [-0.2, -0.15) is 18.3 Å². The number of aryl methyl sites for hydroxylation is 1. The number of halogens is 3. The summed E-state index contributed by atoms with van der Waals surface area (Å²) < 4.78 is 46.9. The number of nitrogens with one attached hydrogen (secondary N) is 1. The molecule has 1 saturated heterocycles. The molecule has 0 radical (unpaired) electrons. The fourth-order valence-electron chi connectivity index (χ4n) is 4.51. The Morgan fingerprint density at radius 2 is 1.90 bits per heavy atom. The Kier molecular flexibility index (Phi) is 5.59. The first-order valence-corrected chi connectivity index (χ1v) is 10.5. The normalized spacial score (nSPS) is 28.9. The van der Waals surface area contributed by atoms with Crippen LogP contribution in [0.25, 0.3) is 5.65 Å². The number of alkyl halides is 3. The molecular formula is C21H29F3N4O. The molecule has 3 heterocycles. The third-order valence-corrected chi connectivity index (χ3v) is 6.39. The van der Waals surface area contributed by atoms with Gasteiger partial charge in [-0.15, -0.1) is 0 Å². The summed E-state index contributed by atoms with van der Waals surface area (Å²) in [5, 5.41) is 8.31. The molecule has 5 nitrogen and oxygen atoms in total. The SMILES string of the molecule is Cc1cc([C@@H]2CN[C@@H](C(C)C)CO2)n2nc(C3CCC(C(F)(F)F)CC3)cc2n1. The average Bonchev–Trinajstić information content (AvgIpc) is 3.10. The molecule has 2 fully saturated rings. The highest BCUT2D eigenvalue weighted by molar-refractivity contribution is 5.43. The Morgan fingerprint density at radius 3 is 2.48 bits per heavy atom. The van der Waals surface area contributed by atoms with Crippen molar-refractivity contribution < 1.29 is 17.9 Å². The molecule has 0 bridgehead atoms. The molecule has 0 unspecified atom stereocenters. The highest BCUT2D eigenvalue weighted by atomic mass is 19.4. The third-order valence-electron chi connectivity index (χ3n) is 6.39. The average molecular weight is 410 g/mol. The lowest BCUT2D eigenvalue weighted by molar-refractivity contribution is -0.182. The van der Waals surface area contributed by atoms with Gasteiger partial charge in [-0.05, 0) is 44.6 Å². The number of nitrogens with zero attached hydrogens (tertiary/aromatic N) is 3. The van der Waals surface area contributed by atoms with Crippen LogP contribution < -0.4 is 5.32 Å². The molecule has 1 N–H and O–H groups in total. The zero-order chi connectivity index (χ0) is 20.8. The van der Waals surface area contributed by atoms with Crippen molar-refractivity contribution in [2.75, 3.05) is 13.2 Å². The number of hydrogen-bond donors (Lipinski definition) is 1. The number of hydrogen-bond acceptors (Lipinski definition) is 4. The molecule has 0 spiro atoms. The molecule has 1 aliphatic heterocycles. The van der Waals surface area contributed by atoms with Crippen LogP contribution in [0.15, 0.2) is 12.1 Å². The molecular weight excluding hydrogens is 381 g/mol. The first-order chi connectivity index (χ1) is 13.7. The van der Waals surface area contributed by atoms with Crippen molar-refractivity contribution in [2.24, 2.45) is 11.8 Å². The Labute approximate surface area is 169 Å². The first-order valence-electron chi connectivity index (χ1n) is 10.5. The second kappa shape index (κ2) is 7.87. The molecule has 1 aliphatic carbocycles. The predicted octanol–water partition coefficient (Wildman–Crippen LogP) is 4.56. The molecule has 2 atom stereocenters. The van der Waals surface area contributed by atoms with E-state index in [1.807, 2.05) is 23.6 Å². The van der Waals surface area contributed by atoms with E-state index < -0.39 is 12.1 Å². The highest BCUT2D eigenvalue weighted by Gasteiger charge is 2.42. The van der Waals surface area contributed by atoms with Crippen molar-refractivity contribution in [3.05, 3.63) is 29.2 Å². The van der Waals surface area contributed by atoms with Gasteiger partial charge in [-0.1, -0.05) is 13.8 Å². The van der Waals surface area contributed by atoms with Crippen molar-refractivity contribution >= 4 is 5.65 Å². The minimum absolute atomic E-state index is 0.0548. The Bertz CT molecular complexity index is 847. The van der Waals surface area contributed by atoms with Gasteiger partial charge in [-0.25, -0.2) is 9.50 Å². The van der Waals surface area contributed by atoms with Crippen molar-refractivity contribution in [3.63, 3.8) is 0 Å². The maximum atomic E-state index is 13.0. The van der Waals surface area contributed by atoms with Gasteiger partial charge in [0.1, 0.15) is 6.10 Å². The zero-order valence-electron chi connectivity index (χ0n) is 17.2. The first kappa shape index (κ1) is 20.6. The summed E-state index contributed by atoms with van der Waals surface area (Å²) in [6.07, 6.45) is -2.83. The quantitative estimate of drug-likeness (QED) is 0.806. The third kappa shape index (κ3) is 4.28. The van der Waals surface area contributed by atoms with Gasteiger partial charge in [0.2, 0.25) is 0 Å². The minimum Gasteiger partial charge on any atom is -0.369 e. The summed E-state index contributed by atoms with van der Waals surface area (Å²) in [5.41, 5.74) is 3.41. The van der Waals surface area contributed by atoms with Gasteiger partial charge in [0.05, 0.1) is 23.9 Å². The fourth-order valence-corrected chi connectivity index (χ4v) is 4.51. The van der Waals surface area contributed by atoms with Crippen LogP contribution in [0.3, 0.4) is 0 Å². The van der Waals surface area contributed by atoms with Crippen LogP contribution in [0, 0.1) is 18.8 Å². The van der Waals surface area contributed by atoms with E-state index in [1.54, 1.807) is 0 Å². The van der Waals surface area contributed by atoms with Crippen molar-refractivity contribution in [1.29, 1.82) is 0 Å². The molecule has 4 rings (SSSR count). The summed E-state index contributed by atoms with van der Waals surface area (Å²) in [6, 6.07) is 4.26. The number of morpholine rings is 1. The van der Waals surface area contributed by atoms with Crippen LogP contribution in [0.5, 0.6) is 0 Å². The predicted molar refractivity (Wildman–Crippen MR) is 104 cm³/mol. The molecule has 2 aliphatic rings. The van der Waals surface area contributed by atoms with Crippen molar-refractivity contribution in [3.8, 4) is 0 Å². The number of aromatic nitrogens is 3. The van der Waals surface area contributed by atoms with E-state index in [0.717, 1.165) is 22.7 Å². The van der Waals surface area contributed by atoms with Crippen molar-refractivity contribution in [1.82, 2.24) is 19.9 Å². The maximum absolute atomic E-state index is 13.0. The number of ether oxygens (including phenoxy) is 1. The lowest BCUT2D eigenvalue weighted by Crippen LogP contribution is -2.46. The highest BCUT2D eigenvalue weighted by Crippen LogP contribution is 2.42. The van der Waals surface area contributed by atoms with Crippen LogP contribution in [0.4, 0.5) is 13.2 Å². The zero-order valence-corrected chi connectivity index (χ0v) is 17.2. The smallest absolute Gasteiger partial charge is 0.369 e. The molecule has 2 aromatic rings. The van der Waals surface area contributed by atoms with Crippen LogP contribution in [0.2, 0.25) is 0 Å². The van der Waals surface area contributed by atoms with E-state index in [0.29, 0.717) is 38.0 Å². The van der Waals surface area contributed by atoms with E-state index in [9.17, 15) is 13.2 Å². The lowest BCUT2D eigenvalue weighted by atomic mass is 9.80. The van der Waals surface area contributed by atoms with Crippen LogP contribution in [0.1, 0.15) is 68.6 Å². The topological polar surface area (TPSA) is 51.5 Å². The van der Waals surface area contributed by atoms with Gasteiger partial charge in [0.25, 0.3) is 0 Å². The molecule has 0 aromatic carbocycles. The second-order valence-electron chi connectivity index (χ2n) is 8.83. The van der Waals surface area contributed by atoms with E-state index >= 15 is 0 Å². The Balaban J connectivity index is 1.55. The number of rotatable bonds is 3. The monoisotopic (exact) mass is 410 g/mol. The Hall–Kier alpha value is -1.67. The largest absolute Gasteiger partial charge is 0.391 e. The van der Waals surface area contributed by atoms with Crippen LogP contribution >= 0.6 is 0 Å². The van der Waals surface area contributed by atoms with Crippen LogP contribution in [-0.4, -0.2) is 40.0 Å². The Morgan fingerprint density at radius 1 is 1.17 bits per heavy atom. The molecule has 1 saturated carbocycles. The standard InChI is InChI=1S/C21H29F3N4O/c1-12(2)17-11-29-19(10-25-17)18-8-13(3)26-20-9-16(27-28(18)20)14-4-6-15(7-5-14)21(22,23)24/h8-9,12,14-15,17,19,25H,4-7,10-11H2,1-3H3/t14?,15?,17-,19+/m1/s1. The van der Waals surface area contributed by atoms with Gasteiger partial charge < -0.3 is 10.1 Å². The molecule has 0 amide bonds. The van der Waals surface area contributed by atoms with Gasteiger partial charge in [0, 0.05) is 30.3 Å². The summed E-state index contributed by atoms with van der Waals surface area (Å²) in [7, 11) is 0. The summed E-state index contributed by atoms with van der Waals surface area (Å²) in [6.45, 7) is 7.62. The molecule has 2 aromatic heterocycles. The summed E-state index contributed by atoms with van der Waals surface area (Å²) >= 11 is 0. The lowest BCUT2D eigenvalue weighted by Gasteiger charge is -2.32. The minimum atomic E-state index is -4.09. The molecule has 8 heteroatoms. The summed E-state index contributed by atoms with van der Waals surface area (Å²) in [5.74, 6) is -0.625. The van der Waals surface area contributed by atoms with E-state index in [-0.39, 0.29) is 24.9 Å². The molecule has 160 valence electrons. The van der Waals surface area contributed by atoms with E-state index in [4.69, 9.17) is 9.84 Å². The van der Waals surface area contributed by atoms with E-state index in [2.05, 4.69) is 24.1 Å².